The minimum absolute atomic E-state index is 0.0387. The Hall–Kier alpha value is -3.66. The second-order valence-corrected chi connectivity index (χ2v) is 8.21. The molecule has 4 aromatic rings. The first-order valence-corrected chi connectivity index (χ1v) is 10.5. The number of hydrogen-bond donors (Lipinski definition) is 1. The van der Waals surface area contributed by atoms with Gasteiger partial charge in [-0.2, -0.15) is 4.98 Å². The van der Waals surface area contributed by atoms with Gasteiger partial charge < -0.3 is 13.8 Å². The number of nitrogens with one attached hydrogen (secondary N) is 1. The maximum absolute atomic E-state index is 12.6. The van der Waals surface area contributed by atoms with Crippen molar-refractivity contribution in [2.75, 3.05) is 4.72 Å². The lowest BCUT2D eigenvalue weighted by Gasteiger charge is -2.10. The van der Waals surface area contributed by atoms with Gasteiger partial charge in [0.15, 0.2) is 10.7 Å². The van der Waals surface area contributed by atoms with Gasteiger partial charge in [0, 0.05) is 24.1 Å². The van der Waals surface area contributed by atoms with Crippen molar-refractivity contribution in [1.82, 2.24) is 19.7 Å². The summed E-state index contributed by atoms with van der Waals surface area (Å²) in [7, 11) is -3.81. The van der Waals surface area contributed by atoms with Gasteiger partial charge in [0.2, 0.25) is 5.88 Å². The Balaban J connectivity index is 1.52. The molecular formula is C20H19N5O4S. The molecule has 0 spiro atoms. The molecule has 9 nitrogen and oxygen atoms in total. The molecule has 0 bridgehead atoms. The van der Waals surface area contributed by atoms with Gasteiger partial charge in [-0.15, -0.1) is 0 Å². The Morgan fingerprint density at radius 1 is 1.03 bits per heavy atom. The Kier molecular flexibility index (Phi) is 5.00. The third-order valence-corrected chi connectivity index (χ3v) is 5.86. The van der Waals surface area contributed by atoms with E-state index in [1.54, 1.807) is 51.1 Å². The van der Waals surface area contributed by atoms with Crippen molar-refractivity contribution in [3.8, 4) is 17.4 Å². The zero-order valence-electron chi connectivity index (χ0n) is 16.5. The number of benzene rings is 1. The van der Waals surface area contributed by atoms with Crippen molar-refractivity contribution in [3.05, 3.63) is 72.1 Å². The highest BCUT2D eigenvalue weighted by Crippen LogP contribution is 2.26. The molecule has 0 fully saturated rings. The lowest BCUT2D eigenvalue weighted by molar-refractivity contribution is 0.390. The van der Waals surface area contributed by atoms with E-state index < -0.39 is 10.0 Å². The maximum Gasteiger partial charge on any atom is 0.267 e. The lowest BCUT2D eigenvalue weighted by atomic mass is 10.3. The molecule has 0 saturated carbocycles. The summed E-state index contributed by atoms with van der Waals surface area (Å²) in [5.74, 6) is 2.38. The zero-order chi connectivity index (χ0) is 21.3. The fourth-order valence-electron chi connectivity index (χ4n) is 2.97. The zero-order valence-corrected chi connectivity index (χ0v) is 17.3. The van der Waals surface area contributed by atoms with E-state index in [1.807, 2.05) is 29.1 Å². The Morgan fingerprint density at radius 2 is 1.73 bits per heavy atom. The number of nitrogens with zero attached hydrogens (tertiary/aromatic N) is 4. The van der Waals surface area contributed by atoms with E-state index in [2.05, 4.69) is 19.8 Å². The predicted octanol–water partition coefficient (Wildman–Crippen LogP) is 3.77. The Labute approximate surface area is 173 Å². The average molecular weight is 425 g/mol. The van der Waals surface area contributed by atoms with E-state index in [4.69, 9.17) is 9.26 Å². The third-order valence-electron chi connectivity index (χ3n) is 4.24. The summed E-state index contributed by atoms with van der Waals surface area (Å²) in [6.07, 6.45) is 3.76. The topological polar surface area (TPSA) is 112 Å². The highest BCUT2D eigenvalue weighted by atomic mass is 32.2. The van der Waals surface area contributed by atoms with Crippen LogP contribution in [0.1, 0.15) is 17.3 Å². The SMILES string of the molecule is Cc1nc(Oc2ccc(NS(=O)(=O)c3c(C)noc3C)cc2)cc(-n2cccc2)n1. The van der Waals surface area contributed by atoms with Gasteiger partial charge in [-0.3, -0.25) is 4.72 Å². The summed E-state index contributed by atoms with van der Waals surface area (Å²) >= 11 is 0. The van der Waals surface area contributed by atoms with Crippen LogP contribution < -0.4 is 9.46 Å². The first-order chi connectivity index (χ1) is 14.3. The number of rotatable bonds is 6. The molecule has 1 N–H and O–H groups in total. The van der Waals surface area contributed by atoms with Crippen LogP contribution in [0.25, 0.3) is 5.82 Å². The smallest absolute Gasteiger partial charge is 0.267 e. The van der Waals surface area contributed by atoms with Crippen molar-refractivity contribution >= 4 is 15.7 Å². The van der Waals surface area contributed by atoms with Crippen molar-refractivity contribution in [2.45, 2.75) is 25.7 Å². The third kappa shape index (κ3) is 4.03. The first kappa shape index (κ1) is 19.6. The molecule has 10 heteroatoms. The van der Waals surface area contributed by atoms with Crippen LogP contribution in [0.5, 0.6) is 11.6 Å². The van der Waals surface area contributed by atoms with E-state index in [-0.39, 0.29) is 10.7 Å². The molecule has 3 aromatic heterocycles. The Bertz CT molecular complexity index is 1260. The van der Waals surface area contributed by atoms with Gasteiger partial charge in [0.25, 0.3) is 10.0 Å². The van der Waals surface area contributed by atoms with Gasteiger partial charge >= 0.3 is 0 Å². The number of ether oxygens (including phenoxy) is 1. The van der Waals surface area contributed by atoms with Crippen molar-refractivity contribution < 1.29 is 17.7 Å². The number of hydrogen-bond acceptors (Lipinski definition) is 7. The molecule has 1 aromatic carbocycles. The lowest BCUT2D eigenvalue weighted by Crippen LogP contribution is -2.14. The molecule has 0 aliphatic rings. The van der Waals surface area contributed by atoms with Crippen molar-refractivity contribution in [2.24, 2.45) is 0 Å². The predicted molar refractivity (Wildman–Crippen MR) is 109 cm³/mol. The van der Waals surface area contributed by atoms with Crippen molar-refractivity contribution in [1.29, 1.82) is 0 Å². The van der Waals surface area contributed by atoms with Crippen molar-refractivity contribution in [3.63, 3.8) is 0 Å². The van der Waals surface area contributed by atoms with Crippen LogP contribution in [0.4, 0.5) is 5.69 Å². The Morgan fingerprint density at radius 3 is 2.37 bits per heavy atom. The van der Waals surface area contributed by atoms with Crippen LogP contribution in [0.3, 0.4) is 0 Å². The average Bonchev–Trinajstić information content (AvgIpc) is 3.33. The van der Waals surface area contributed by atoms with Crippen LogP contribution in [0, 0.1) is 20.8 Å². The van der Waals surface area contributed by atoms with Gasteiger partial charge in [0.05, 0.1) is 0 Å². The monoisotopic (exact) mass is 425 g/mol. The molecule has 4 rings (SSSR count). The molecule has 0 unspecified atom stereocenters. The normalized spacial score (nSPS) is 11.4. The molecule has 3 heterocycles. The second-order valence-electron chi connectivity index (χ2n) is 6.59. The van der Waals surface area contributed by atoms with Crippen LogP contribution in [0.2, 0.25) is 0 Å². The molecule has 0 aliphatic heterocycles. The van der Waals surface area contributed by atoms with Gasteiger partial charge in [0.1, 0.15) is 23.1 Å². The molecule has 0 saturated heterocycles. The summed E-state index contributed by atoms with van der Waals surface area (Å²) in [4.78, 5) is 8.73. The summed E-state index contributed by atoms with van der Waals surface area (Å²) in [6, 6.07) is 12.0. The van der Waals surface area contributed by atoms with Crippen LogP contribution >= 0.6 is 0 Å². The van der Waals surface area contributed by atoms with Crippen LogP contribution in [-0.4, -0.2) is 28.1 Å². The summed E-state index contributed by atoms with van der Waals surface area (Å²) in [5, 5.41) is 3.69. The highest BCUT2D eigenvalue weighted by molar-refractivity contribution is 7.92. The minimum atomic E-state index is -3.81. The van der Waals surface area contributed by atoms with Crippen LogP contribution in [0.15, 0.2) is 64.3 Å². The minimum Gasteiger partial charge on any atom is -0.439 e. The molecule has 0 amide bonds. The van der Waals surface area contributed by atoms with Gasteiger partial charge in [-0.1, -0.05) is 5.16 Å². The summed E-state index contributed by atoms with van der Waals surface area (Å²) in [5.41, 5.74) is 0.687. The quantitative estimate of drug-likeness (QED) is 0.500. The van der Waals surface area contributed by atoms with E-state index in [0.717, 1.165) is 0 Å². The molecular weight excluding hydrogens is 406 g/mol. The van der Waals surface area contributed by atoms with E-state index in [9.17, 15) is 8.42 Å². The molecule has 154 valence electrons. The number of anilines is 1. The fraction of sp³-hybridized carbons (Fsp3) is 0.150. The molecule has 0 atom stereocenters. The van der Waals surface area contributed by atoms with E-state index in [1.165, 1.54) is 0 Å². The van der Waals surface area contributed by atoms with Crippen LogP contribution in [-0.2, 0) is 10.0 Å². The highest BCUT2D eigenvalue weighted by Gasteiger charge is 2.24. The maximum atomic E-state index is 12.6. The first-order valence-electron chi connectivity index (χ1n) is 9.04. The molecule has 30 heavy (non-hydrogen) atoms. The number of aryl methyl sites for hydroxylation is 3. The number of aromatic nitrogens is 4. The van der Waals surface area contributed by atoms with Gasteiger partial charge in [-0.05, 0) is 57.2 Å². The molecule has 0 radical (unpaired) electrons. The second kappa shape index (κ2) is 7.64. The number of sulfonamides is 1. The van der Waals surface area contributed by atoms with Gasteiger partial charge in [-0.25, -0.2) is 13.4 Å². The van der Waals surface area contributed by atoms with E-state index >= 15 is 0 Å². The summed E-state index contributed by atoms with van der Waals surface area (Å²) in [6.45, 7) is 4.91. The van der Waals surface area contributed by atoms with E-state index in [0.29, 0.717) is 34.7 Å². The molecule has 0 aliphatic carbocycles. The standard InChI is InChI=1S/C20H19N5O4S/c1-13-20(14(2)29-23-13)30(26,27)24-16-6-8-17(9-7-16)28-19-12-18(21-15(3)22-19)25-10-4-5-11-25/h4-12,24H,1-3H3. The summed E-state index contributed by atoms with van der Waals surface area (Å²) < 4.78 is 40.4. The largest absolute Gasteiger partial charge is 0.439 e. The fourth-order valence-corrected chi connectivity index (χ4v) is 4.36.